The highest BCUT2D eigenvalue weighted by atomic mass is 19.1. The minimum absolute atomic E-state index is 0.313. The number of hydrogen-bond donors (Lipinski definition) is 1. The molecule has 0 aliphatic rings. The van der Waals surface area contributed by atoms with Crippen LogP contribution in [-0.4, -0.2) is 0 Å². The van der Waals surface area contributed by atoms with Crippen LogP contribution in [0.3, 0.4) is 0 Å². The van der Waals surface area contributed by atoms with Crippen LogP contribution in [0.15, 0.2) is 48.5 Å². The first-order valence-electron chi connectivity index (χ1n) is 5.22. The number of para-hydroxylation sites is 1. The molecule has 0 aliphatic heterocycles. The van der Waals surface area contributed by atoms with Gasteiger partial charge in [0.05, 0.1) is 12.0 Å². The average molecular weight is 226 g/mol. The lowest BCUT2D eigenvalue weighted by atomic mass is 9.91. The van der Waals surface area contributed by atoms with Crippen LogP contribution in [0, 0.1) is 17.1 Å². The van der Waals surface area contributed by atoms with Gasteiger partial charge in [-0.25, -0.2) is 4.39 Å². The van der Waals surface area contributed by atoms with Gasteiger partial charge in [0.2, 0.25) is 0 Å². The van der Waals surface area contributed by atoms with Gasteiger partial charge >= 0.3 is 0 Å². The normalized spacial score (nSPS) is 11.8. The summed E-state index contributed by atoms with van der Waals surface area (Å²) in [7, 11) is 0. The maximum absolute atomic E-state index is 12.8. The van der Waals surface area contributed by atoms with Crippen molar-refractivity contribution in [3.8, 4) is 6.07 Å². The Labute approximate surface area is 99.1 Å². The van der Waals surface area contributed by atoms with Crippen LogP contribution in [0.4, 0.5) is 10.1 Å². The average Bonchev–Trinajstić information content (AvgIpc) is 2.35. The Bertz CT molecular complexity index is 555. The Morgan fingerprint density at radius 3 is 2.29 bits per heavy atom. The van der Waals surface area contributed by atoms with Crippen LogP contribution in [0.1, 0.15) is 17.0 Å². The lowest BCUT2D eigenvalue weighted by molar-refractivity contribution is 0.627. The number of nitriles is 1. The number of halogens is 1. The highest BCUT2D eigenvalue weighted by molar-refractivity contribution is 5.54. The molecule has 3 heteroatoms. The molecule has 2 rings (SSSR count). The van der Waals surface area contributed by atoms with Gasteiger partial charge in [0.1, 0.15) is 5.82 Å². The summed E-state index contributed by atoms with van der Waals surface area (Å²) in [5, 5.41) is 9.23. The van der Waals surface area contributed by atoms with Crippen LogP contribution < -0.4 is 5.73 Å². The summed E-state index contributed by atoms with van der Waals surface area (Å²) in [5.41, 5.74) is 7.91. The van der Waals surface area contributed by atoms with Gasteiger partial charge in [-0.2, -0.15) is 5.26 Å². The molecule has 0 aromatic heterocycles. The third kappa shape index (κ3) is 2.26. The van der Waals surface area contributed by atoms with Gasteiger partial charge in [0.25, 0.3) is 0 Å². The van der Waals surface area contributed by atoms with E-state index in [0.29, 0.717) is 5.69 Å². The van der Waals surface area contributed by atoms with E-state index in [-0.39, 0.29) is 5.82 Å². The van der Waals surface area contributed by atoms with Crippen molar-refractivity contribution in [1.82, 2.24) is 0 Å². The SMILES string of the molecule is N#CC(c1ccc(F)cc1)c1ccccc1N. The molecule has 0 bridgehead atoms. The van der Waals surface area contributed by atoms with Crippen molar-refractivity contribution in [3.05, 3.63) is 65.5 Å². The Morgan fingerprint density at radius 2 is 1.71 bits per heavy atom. The standard InChI is InChI=1S/C14H11FN2/c15-11-7-5-10(6-8-11)13(9-16)12-3-1-2-4-14(12)17/h1-8,13H,17H2. The van der Waals surface area contributed by atoms with Crippen molar-refractivity contribution in [2.24, 2.45) is 0 Å². The van der Waals surface area contributed by atoms with E-state index in [1.54, 1.807) is 18.2 Å². The van der Waals surface area contributed by atoms with Gasteiger partial charge in [-0.15, -0.1) is 0 Å². The topological polar surface area (TPSA) is 49.8 Å². The Kier molecular flexibility index (Phi) is 3.06. The molecule has 0 aliphatic carbocycles. The van der Waals surface area contributed by atoms with Gasteiger partial charge in [0.15, 0.2) is 0 Å². The summed E-state index contributed by atoms with van der Waals surface area (Å²) >= 11 is 0. The van der Waals surface area contributed by atoms with E-state index in [1.807, 2.05) is 18.2 Å². The zero-order valence-corrected chi connectivity index (χ0v) is 9.10. The molecule has 0 spiro atoms. The lowest BCUT2D eigenvalue weighted by Gasteiger charge is -2.12. The fourth-order valence-electron chi connectivity index (χ4n) is 1.75. The number of anilines is 1. The molecular formula is C14H11FN2. The molecule has 0 saturated heterocycles. The highest BCUT2D eigenvalue weighted by Crippen LogP contribution is 2.28. The highest BCUT2D eigenvalue weighted by Gasteiger charge is 2.15. The molecule has 0 radical (unpaired) electrons. The number of hydrogen-bond acceptors (Lipinski definition) is 2. The molecular weight excluding hydrogens is 215 g/mol. The van der Waals surface area contributed by atoms with E-state index < -0.39 is 5.92 Å². The van der Waals surface area contributed by atoms with Crippen molar-refractivity contribution >= 4 is 5.69 Å². The predicted octanol–water partition coefficient (Wildman–Crippen LogP) is 3.06. The molecule has 1 unspecified atom stereocenters. The molecule has 84 valence electrons. The van der Waals surface area contributed by atoms with Crippen molar-refractivity contribution in [3.63, 3.8) is 0 Å². The third-order valence-electron chi connectivity index (χ3n) is 2.64. The van der Waals surface area contributed by atoms with Gasteiger partial charge in [-0.3, -0.25) is 0 Å². The van der Waals surface area contributed by atoms with E-state index in [1.165, 1.54) is 12.1 Å². The zero-order valence-electron chi connectivity index (χ0n) is 9.10. The lowest BCUT2D eigenvalue weighted by Crippen LogP contribution is -2.02. The fraction of sp³-hybridized carbons (Fsp3) is 0.0714. The summed E-state index contributed by atoms with van der Waals surface area (Å²) in [5.74, 6) is -0.775. The van der Waals surface area contributed by atoms with Crippen molar-refractivity contribution in [1.29, 1.82) is 5.26 Å². The molecule has 2 aromatic rings. The number of nitrogens with two attached hydrogens (primary N) is 1. The van der Waals surface area contributed by atoms with Gasteiger partial charge in [-0.05, 0) is 29.3 Å². The van der Waals surface area contributed by atoms with Gasteiger partial charge < -0.3 is 5.73 Å². The monoisotopic (exact) mass is 226 g/mol. The zero-order chi connectivity index (χ0) is 12.3. The van der Waals surface area contributed by atoms with Crippen LogP contribution >= 0.6 is 0 Å². The molecule has 2 aromatic carbocycles. The first kappa shape index (κ1) is 11.2. The second kappa shape index (κ2) is 4.67. The summed E-state index contributed by atoms with van der Waals surface area (Å²) < 4.78 is 12.8. The van der Waals surface area contributed by atoms with Crippen molar-refractivity contribution in [2.45, 2.75) is 5.92 Å². The second-order valence-corrected chi connectivity index (χ2v) is 3.74. The molecule has 17 heavy (non-hydrogen) atoms. The predicted molar refractivity (Wildman–Crippen MR) is 64.7 cm³/mol. The largest absolute Gasteiger partial charge is 0.398 e. The summed E-state index contributed by atoms with van der Waals surface area (Å²) in [6.07, 6.45) is 0. The quantitative estimate of drug-likeness (QED) is 0.800. The third-order valence-corrected chi connectivity index (χ3v) is 2.64. The summed E-state index contributed by atoms with van der Waals surface area (Å²) in [4.78, 5) is 0. The Balaban J connectivity index is 2.45. The van der Waals surface area contributed by atoms with Crippen LogP contribution in [0.5, 0.6) is 0 Å². The molecule has 0 saturated carbocycles. The van der Waals surface area contributed by atoms with E-state index in [0.717, 1.165) is 11.1 Å². The van der Waals surface area contributed by atoms with E-state index in [2.05, 4.69) is 6.07 Å². The number of nitrogen functional groups attached to an aromatic ring is 1. The minimum Gasteiger partial charge on any atom is -0.398 e. The Hall–Kier alpha value is -2.34. The van der Waals surface area contributed by atoms with E-state index >= 15 is 0 Å². The Morgan fingerprint density at radius 1 is 1.06 bits per heavy atom. The maximum Gasteiger partial charge on any atom is 0.123 e. The molecule has 1 atom stereocenters. The fourth-order valence-corrected chi connectivity index (χ4v) is 1.75. The number of rotatable bonds is 2. The maximum atomic E-state index is 12.8. The molecule has 0 fully saturated rings. The van der Waals surface area contributed by atoms with Crippen molar-refractivity contribution in [2.75, 3.05) is 5.73 Å². The summed E-state index contributed by atoms with van der Waals surface area (Å²) in [6.45, 7) is 0. The molecule has 2 nitrogen and oxygen atoms in total. The molecule has 0 heterocycles. The second-order valence-electron chi connectivity index (χ2n) is 3.74. The van der Waals surface area contributed by atoms with Crippen LogP contribution in [0.25, 0.3) is 0 Å². The minimum atomic E-state index is -0.461. The first-order valence-corrected chi connectivity index (χ1v) is 5.22. The smallest absolute Gasteiger partial charge is 0.123 e. The molecule has 0 amide bonds. The summed E-state index contributed by atoms with van der Waals surface area (Å²) in [6, 6.07) is 15.3. The van der Waals surface area contributed by atoms with E-state index in [9.17, 15) is 9.65 Å². The van der Waals surface area contributed by atoms with Crippen LogP contribution in [0.2, 0.25) is 0 Å². The molecule has 2 N–H and O–H groups in total. The van der Waals surface area contributed by atoms with Gasteiger partial charge in [0, 0.05) is 5.69 Å². The van der Waals surface area contributed by atoms with Crippen molar-refractivity contribution < 1.29 is 4.39 Å². The number of nitrogens with zero attached hydrogens (tertiary/aromatic N) is 1. The van der Waals surface area contributed by atoms with E-state index in [4.69, 9.17) is 5.73 Å². The number of benzene rings is 2. The van der Waals surface area contributed by atoms with Crippen LogP contribution in [-0.2, 0) is 0 Å². The first-order chi connectivity index (χ1) is 8.22. The van der Waals surface area contributed by atoms with Gasteiger partial charge in [-0.1, -0.05) is 30.3 Å².